The van der Waals surface area contributed by atoms with Gasteiger partial charge in [-0.05, 0) is 55.3 Å². The molecule has 3 aromatic carbocycles. The quantitative estimate of drug-likeness (QED) is 0.0586. The minimum Gasteiger partial charge on any atom is -0.481 e. The molecular weight excluding hydrogens is 829 g/mol. The Morgan fingerprint density at radius 3 is 2.23 bits per heavy atom. The van der Waals surface area contributed by atoms with Crippen molar-refractivity contribution in [1.29, 1.82) is 10.5 Å². The number of benzene rings is 3. The maximum atomic E-state index is 11.6. The fourth-order valence-corrected chi connectivity index (χ4v) is 7.45. The van der Waals surface area contributed by atoms with Gasteiger partial charge in [0.25, 0.3) is 0 Å². The van der Waals surface area contributed by atoms with E-state index < -0.39 is 5.97 Å². The van der Waals surface area contributed by atoms with Gasteiger partial charge in [-0.3, -0.25) is 9.59 Å². The van der Waals surface area contributed by atoms with Crippen LogP contribution in [0.1, 0.15) is 59.1 Å². The first-order chi connectivity index (χ1) is 29.1. The van der Waals surface area contributed by atoms with Gasteiger partial charge < -0.3 is 35.3 Å². The Bertz CT molecular complexity index is 2440. The zero-order valence-electron chi connectivity index (χ0n) is 32.5. The molecule has 5 aromatic rings. The van der Waals surface area contributed by atoms with E-state index in [0.717, 1.165) is 12.0 Å². The van der Waals surface area contributed by atoms with Gasteiger partial charge in [-0.2, -0.15) is 15.5 Å². The first-order valence-corrected chi connectivity index (χ1v) is 20.1. The number of rotatable bonds is 19. The number of pyridine rings is 2. The third-order valence-corrected chi connectivity index (χ3v) is 10.7. The van der Waals surface area contributed by atoms with Crippen molar-refractivity contribution >= 4 is 46.7 Å². The average molecular weight is 869 g/mol. The maximum absolute atomic E-state index is 11.6. The number of nitriles is 2. The van der Waals surface area contributed by atoms with Crippen molar-refractivity contribution in [3.63, 3.8) is 0 Å². The summed E-state index contributed by atoms with van der Waals surface area (Å²) in [5.74, 6) is -0.0855. The average Bonchev–Trinajstić information content (AvgIpc) is 3.67. The van der Waals surface area contributed by atoms with Crippen LogP contribution in [-0.2, 0) is 35.9 Å². The number of amides is 1. The number of nitrogens with one attached hydrogen (secondary N) is 3. The van der Waals surface area contributed by atoms with Crippen LogP contribution in [0.5, 0.6) is 17.6 Å². The van der Waals surface area contributed by atoms with E-state index in [1.807, 2.05) is 48.5 Å². The molecule has 6 rings (SSSR count). The Kier molecular flexibility index (Phi) is 15.2. The largest absolute Gasteiger partial charge is 0.481 e. The zero-order valence-corrected chi connectivity index (χ0v) is 34.8. The van der Waals surface area contributed by atoms with E-state index in [4.69, 9.17) is 59.1 Å². The number of carboxylic acids is 1. The van der Waals surface area contributed by atoms with E-state index in [1.54, 1.807) is 25.3 Å². The summed E-state index contributed by atoms with van der Waals surface area (Å²) in [5.41, 5.74) is 5.94. The summed E-state index contributed by atoms with van der Waals surface area (Å²) in [7, 11) is 1.57. The molecule has 0 saturated carbocycles. The highest BCUT2D eigenvalue weighted by Gasteiger charge is 2.21. The minimum absolute atomic E-state index is 0.00993. The van der Waals surface area contributed by atoms with Gasteiger partial charge in [0.15, 0.2) is 0 Å². The van der Waals surface area contributed by atoms with Gasteiger partial charge in [0, 0.05) is 71.9 Å². The molecule has 16 heteroatoms. The van der Waals surface area contributed by atoms with E-state index >= 15 is 0 Å². The number of aliphatic carboxylic acids is 1. The number of hydrogen-bond acceptors (Lipinski definition) is 11. The van der Waals surface area contributed by atoms with Gasteiger partial charge in [0.2, 0.25) is 23.5 Å². The number of carbonyl (C=O) groups excluding carboxylic acids is 1. The Morgan fingerprint density at radius 2 is 1.53 bits per heavy atom. The lowest BCUT2D eigenvalue weighted by Gasteiger charge is -2.17. The van der Waals surface area contributed by atoms with Crippen molar-refractivity contribution in [2.45, 2.75) is 58.0 Å². The smallest absolute Gasteiger partial charge is 0.303 e. The fraction of sp³-hybridized carbons (Fsp3) is 0.273. The molecule has 1 unspecified atom stereocenters. The summed E-state index contributed by atoms with van der Waals surface area (Å²) in [4.78, 5) is 31.9. The van der Waals surface area contributed by atoms with Gasteiger partial charge in [0.1, 0.15) is 18.2 Å². The van der Waals surface area contributed by atoms with Crippen LogP contribution in [-0.4, -0.2) is 53.2 Å². The molecule has 1 atom stereocenters. The van der Waals surface area contributed by atoms with Gasteiger partial charge in [-0.1, -0.05) is 77.3 Å². The highest BCUT2D eigenvalue weighted by atomic mass is 35.5. The third-order valence-electron chi connectivity index (χ3n) is 9.60. The maximum Gasteiger partial charge on any atom is 0.303 e. The molecule has 3 heterocycles. The van der Waals surface area contributed by atoms with Gasteiger partial charge in [-0.25, -0.2) is 4.98 Å². The van der Waals surface area contributed by atoms with E-state index in [2.05, 4.69) is 33.1 Å². The molecule has 2 aromatic heterocycles. The number of hydrogen-bond donors (Lipinski definition) is 4. The zero-order chi connectivity index (χ0) is 42.6. The summed E-state index contributed by atoms with van der Waals surface area (Å²) in [6, 6.07) is 25.6. The standard InChI is InChI=1S/C44H40Cl3N7O6/c1-58-42-29(21-51-23-32-11-13-38(55)52-32)10-12-37(53-42)35-8-3-7-34(41(35)47)33-6-2-5-30(40(33)46)25-60-44-36(45)18-31(22-50-14-4-9-39(56)57)43(54-44)59-24-28-16-26(19-48)15-27(17-28)20-49/h2-3,5-8,10,12,15-18,32,50-51H,4,9,11,13-14,21-25H2,1H3,(H,52,55)(H,56,57). The first kappa shape index (κ1) is 43.6. The monoisotopic (exact) mass is 867 g/mol. The van der Waals surface area contributed by atoms with E-state index in [-0.39, 0.29) is 54.9 Å². The second kappa shape index (κ2) is 20.9. The van der Waals surface area contributed by atoms with Crippen molar-refractivity contribution < 1.29 is 28.9 Å². The molecule has 1 saturated heterocycles. The Labute approximate surface area is 362 Å². The van der Waals surface area contributed by atoms with Crippen LogP contribution in [0.15, 0.2) is 72.8 Å². The van der Waals surface area contributed by atoms with Crippen LogP contribution in [0.4, 0.5) is 0 Å². The van der Waals surface area contributed by atoms with Crippen LogP contribution >= 0.6 is 34.8 Å². The number of methoxy groups -OCH3 is 1. The number of aromatic nitrogens is 2. The molecule has 0 spiro atoms. The Hall–Kier alpha value is -5.93. The molecule has 0 radical (unpaired) electrons. The van der Waals surface area contributed by atoms with Gasteiger partial charge in [0.05, 0.1) is 46.1 Å². The summed E-state index contributed by atoms with van der Waals surface area (Å²) >= 11 is 20.8. The third kappa shape index (κ3) is 11.2. The lowest BCUT2D eigenvalue weighted by molar-refractivity contribution is -0.137. The molecule has 308 valence electrons. The van der Waals surface area contributed by atoms with Crippen LogP contribution in [0, 0.1) is 22.7 Å². The van der Waals surface area contributed by atoms with Crippen molar-refractivity contribution in [3.8, 4) is 52.2 Å². The van der Waals surface area contributed by atoms with E-state index in [9.17, 15) is 20.1 Å². The lowest BCUT2D eigenvalue weighted by atomic mass is 9.99. The predicted octanol–water partition coefficient (Wildman–Crippen LogP) is 8.00. The molecule has 1 aliphatic rings. The predicted molar refractivity (Wildman–Crippen MR) is 227 cm³/mol. The molecule has 0 bridgehead atoms. The summed E-state index contributed by atoms with van der Waals surface area (Å²) < 4.78 is 17.9. The van der Waals surface area contributed by atoms with E-state index in [0.29, 0.717) is 98.6 Å². The van der Waals surface area contributed by atoms with E-state index in [1.165, 1.54) is 6.07 Å². The molecule has 1 aliphatic heterocycles. The van der Waals surface area contributed by atoms with Crippen LogP contribution in [0.25, 0.3) is 22.4 Å². The van der Waals surface area contributed by atoms with Crippen LogP contribution in [0.3, 0.4) is 0 Å². The summed E-state index contributed by atoms with van der Waals surface area (Å²) in [6.07, 6.45) is 1.79. The fourth-order valence-electron chi connectivity index (χ4n) is 6.62. The normalized spacial score (nSPS) is 13.3. The highest BCUT2D eigenvalue weighted by molar-refractivity contribution is 6.38. The molecule has 0 aliphatic carbocycles. The van der Waals surface area contributed by atoms with Crippen molar-refractivity contribution in [3.05, 3.63) is 121 Å². The number of nitrogens with zero attached hydrogens (tertiary/aromatic N) is 4. The molecule has 1 amide bonds. The summed E-state index contributed by atoms with van der Waals surface area (Å²) in [5, 5.41) is 38.4. The minimum atomic E-state index is -0.885. The van der Waals surface area contributed by atoms with Gasteiger partial charge in [-0.15, -0.1) is 0 Å². The van der Waals surface area contributed by atoms with Crippen molar-refractivity contribution in [2.24, 2.45) is 0 Å². The topological polar surface area (TPSA) is 192 Å². The van der Waals surface area contributed by atoms with Crippen LogP contribution in [0.2, 0.25) is 15.1 Å². The van der Waals surface area contributed by atoms with Crippen LogP contribution < -0.4 is 30.2 Å². The Balaban J connectivity index is 1.19. The first-order valence-electron chi connectivity index (χ1n) is 19.0. The highest BCUT2D eigenvalue weighted by Crippen LogP contribution is 2.41. The molecule has 1 fully saturated rings. The molecule has 4 N–H and O–H groups in total. The summed E-state index contributed by atoms with van der Waals surface area (Å²) in [6.45, 7) is 1.82. The number of carbonyl (C=O) groups is 2. The second-order valence-electron chi connectivity index (χ2n) is 13.9. The molecule has 60 heavy (non-hydrogen) atoms. The second-order valence-corrected chi connectivity index (χ2v) is 15.0. The molecular formula is C44H40Cl3N7O6. The number of carboxylic acid groups (broad SMARTS) is 1. The number of ether oxygens (including phenoxy) is 3. The SMILES string of the molecule is COc1nc(-c2cccc(-c3cccc(COc4nc(OCc5cc(C#N)cc(C#N)c5)c(CNCCCC(=O)O)cc4Cl)c3Cl)c2Cl)ccc1CNCC1CCC(=O)N1. The van der Waals surface area contributed by atoms with Crippen molar-refractivity contribution in [2.75, 3.05) is 20.2 Å². The number of halogens is 3. The van der Waals surface area contributed by atoms with Gasteiger partial charge >= 0.3 is 5.97 Å². The van der Waals surface area contributed by atoms with Crippen molar-refractivity contribution in [1.82, 2.24) is 25.9 Å². The Morgan fingerprint density at radius 1 is 0.833 bits per heavy atom. The lowest BCUT2D eigenvalue weighted by Crippen LogP contribution is -2.35. The molecule has 13 nitrogen and oxygen atoms in total.